The number of imidazole rings is 1. The van der Waals surface area contributed by atoms with E-state index in [1.54, 1.807) is 6.20 Å². The van der Waals surface area contributed by atoms with E-state index >= 15 is 0 Å². The van der Waals surface area contributed by atoms with Gasteiger partial charge in [0.05, 0.1) is 17.2 Å². The van der Waals surface area contributed by atoms with E-state index in [9.17, 15) is 9.18 Å². The van der Waals surface area contributed by atoms with Gasteiger partial charge in [-0.2, -0.15) is 0 Å². The Kier molecular flexibility index (Phi) is 3.52. The molecule has 3 aromatic rings. The second-order valence-electron chi connectivity index (χ2n) is 6.14. The number of fused-ring (bicyclic) bond motifs is 1. The normalized spacial score (nSPS) is 17.6. The van der Waals surface area contributed by atoms with Crippen molar-refractivity contribution in [2.24, 2.45) is 7.05 Å². The first-order chi connectivity index (χ1) is 11.6. The highest BCUT2D eigenvalue weighted by molar-refractivity contribution is 5.94. The molecule has 4 rings (SSSR count). The molecule has 0 unspecified atom stereocenters. The van der Waals surface area contributed by atoms with Gasteiger partial charge in [0.25, 0.3) is 5.91 Å². The lowest BCUT2D eigenvalue weighted by molar-refractivity contribution is 0.0790. The molecular weight excluding hydrogens is 307 g/mol. The molecule has 5 nitrogen and oxygen atoms in total. The van der Waals surface area contributed by atoms with Crippen molar-refractivity contribution < 1.29 is 9.18 Å². The number of carbonyl (C=O) groups excluding carboxylic acids is 1. The number of nitrogens with zero attached hydrogens (tertiary/aromatic N) is 4. The molecule has 1 aliphatic rings. The predicted octanol–water partition coefficient (Wildman–Crippen LogP) is 2.74. The summed E-state index contributed by atoms with van der Waals surface area (Å²) in [4.78, 5) is 23.2. The van der Waals surface area contributed by atoms with E-state index in [1.807, 2.05) is 24.2 Å². The first-order valence-corrected chi connectivity index (χ1v) is 7.94. The zero-order valence-electron chi connectivity index (χ0n) is 13.3. The quantitative estimate of drug-likeness (QED) is 0.728. The number of carbonyl (C=O) groups is 1. The molecule has 122 valence electrons. The minimum absolute atomic E-state index is 0.0575. The van der Waals surface area contributed by atoms with Gasteiger partial charge in [-0.1, -0.05) is 0 Å². The highest BCUT2D eigenvalue weighted by Crippen LogP contribution is 2.29. The van der Waals surface area contributed by atoms with Crippen LogP contribution in [0.1, 0.15) is 28.5 Å². The van der Waals surface area contributed by atoms with Crippen molar-refractivity contribution in [2.75, 3.05) is 13.1 Å². The average Bonchev–Trinajstić information content (AvgIpc) is 3.20. The first-order valence-electron chi connectivity index (χ1n) is 7.94. The summed E-state index contributed by atoms with van der Waals surface area (Å²) in [6.45, 7) is 1.31. The van der Waals surface area contributed by atoms with Gasteiger partial charge in [-0.15, -0.1) is 0 Å². The highest BCUT2D eigenvalue weighted by Gasteiger charge is 2.30. The van der Waals surface area contributed by atoms with E-state index in [0.717, 1.165) is 23.3 Å². The Labute approximate surface area is 138 Å². The Hall–Kier alpha value is -2.76. The molecule has 0 bridgehead atoms. The summed E-state index contributed by atoms with van der Waals surface area (Å²) in [6.07, 6.45) is 4.41. The summed E-state index contributed by atoms with van der Waals surface area (Å²) in [7, 11) is 1.98. The Bertz CT molecular complexity index is 903. The van der Waals surface area contributed by atoms with Crippen LogP contribution in [-0.4, -0.2) is 38.4 Å². The maximum absolute atomic E-state index is 13.0. The Morgan fingerprint density at radius 1 is 1.25 bits per heavy atom. The van der Waals surface area contributed by atoms with Crippen LogP contribution in [0.2, 0.25) is 0 Å². The number of likely N-dealkylation sites (tertiary alicyclic amines) is 1. The first kappa shape index (κ1) is 14.8. The van der Waals surface area contributed by atoms with Crippen LogP contribution in [0.15, 0.2) is 42.7 Å². The minimum atomic E-state index is -0.334. The lowest BCUT2D eigenvalue weighted by Gasteiger charge is -2.16. The van der Waals surface area contributed by atoms with Crippen molar-refractivity contribution in [3.05, 3.63) is 59.9 Å². The molecule has 0 saturated carbocycles. The molecule has 2 aromatic heterocycles. The van der Waals surface area contributed by atoms with Gasteiger partial charge in [0.1, 0.15) is 11.6 Å². The molecule has 0 N–H and O–H groups in total. The van der Waals surface area contributed by atoms with E-state index in [4.69, 9.17) is 4.98 Å². The number of rotatable bonds is 2. The van der Waals surface area contributed by atoms with Crippen molar-refractivity contribution in [1.29, 1.82) is 0 Å². The van der Waals surface area contributed by atoms with Gasteiger partial charge < -0.3 is 9.47 Å². The fourth-order valence-corrected chi connectivity index (χ4v) is 3.35. The third-order valence-electron chi connectivity index (χ3n) is 4.65. The molecule has 1 fully saturated rings. The standard InChI is InChI=1S/C18H17FN4O/c1-22-16-10-20-8-6-15(16)21-17(22)13-7-9-23(11-13)18(24)12-2-4-14(19)5-3-12/h2-6,8,10,13H,7,9,11H2,1H3/t13-/m0/s1. The average molecular weight is 324 g/mol. The molecule has 24 heavy (non-hydrogen) atoms. The number of hydrogen-bond donors (Lipinski definition) is 0. The summed E-state index contributed by atoms with van der Waals surface area (Å²) < 4.78 is 15.1. The number of amides is 1. The van der Waals surface area contributed by atoms with Gasteiger partial charge in [-0.05, 0) is 36.8 Å². The second kappa shape index (κ2) is 5.70. The van der Waals surface area contributed by atoms with Crippen LogP contribution >= 0.6 is 0 Å². The third-order valence-corrected chi connectivity index (χ3v) is 4.65. The Balaban J connectivity index is 1.56. The highest BCUT2D eigenvalue weighted by atomic mass is 19.1. The molecular formula is C18H17FN4O. The van der Waals surface area contributed by atoms with Crippen LogP contribution in [0.25, 0.3) is 11.0 Å². The number of halogens is 1. The molecule has 1 amide bonds. The fraction of sp³-hybridized carbons (Fsp3) is 0.278. The van der Waals surface area contributed by atoms with Gasteiger partial charge in [-0.25, -0.2) is 9.37 Å². The minimum Gasteiger partial charge on any atom is -0.338 e. The zero-order chi connectivity index (χ0) is 16.7. The monoisotopic (exact) mass is 324 g/mol. The lowest BCUT2D eigenvalue weighted by Crippen LogP contribution is -2.28. The number of aromatic nitrogens is 3. The molecule has 0 aliphatic carbocycles. The molecule has 1 saturated heterocycles. The van der Waals surface area contributed by atoms with Gasteiger partial charge in [0.2, 0.25) is 0 Å². The van der Waals surface area contributed by atoms with Crippen LogP contribution in [-0.2, 0) is 7.05 Å². The smallest absolute Gasteiger partial charge is 0.253 e. The molecule has 6 heteroatoms. The summed E-state index contributed by atoms with van der Waals surface area (Å²) in [5, 5.41) is 0. The van der Waals surface area contributed by atoms with Crippen LogP contribution < -0.4 is 0 Å². The topological polar surface area (TPSA) is 51.0 Å². The van der Waals surface area contributed by atoms with Gasteiger partial charge >= 0.3 is 0 Å². The summed E-state index contributed by atoms with van der Waals surface area (Å²) in [5.41, 5.74) is 2.44. The maximum atomic E-state index is 13.0. The number of pyridine rings is 1. The van der Waals surface area contributed by atoms with E-state index in [-0.39, 0.29) is 17.6 Å². The van der Waals surface area contributed by atoms with E-state index in [0.29, 0.717) is 18.7 Å². The maximum Gasteiger partial charge on any atom is 0.253 e. The molecule has 0 radical (unpaired) electrons. The predicted molar refractivity (Wildman–Crippen MR) is 88.2 cm³/mol. The molecule has 1 aromatic carbocycles. The number of benzene rings is 1. The van der Waals surface area contributed by atoms with Gasteiger partial charge in [-0.3, -0.25) is 9.78 Å². The lowest BCUT2D eigenvalue weighted by atomic mass is 10.1. The van der Waals surface area contributed by atoms with Crippen LogP contribution in [0.5, 0.6) is 0 Å². The Morgan fingerprint density at radius 2 is 2.04 bits per heavy atom. The summed E-state index contributed by atoms with van der Waals surface area (Å²) in [5.74, 6) is 0.788. The van der Waals surface area contributed by atoms with Gasteiger partial charge in [0.15, 0.2) is 0 Å². The largest absolute Gasteiger partial charge is 0.338 e. The van der Waals surface area contributed by atoms with Gasteiger partial charge in [0, 0.05) is 37.8 Å². The van der Waals surface area contributed by atoms with Crippen LogP contribution in [0, 0.1) is 5.82 Å². The van der Waals surface area contributed by atoms with Crippen molar-refractivity contribution >= 4 is 16.9 Å². The molecule has 3 heterocycles. The molecule has 1 aliphatic heterocycles. The van der Waals surface area contributed by atoms with Crippen LogP contribution in [0.4, 0.5) is 4.39 Å². The van der Waals surface area contributed by atoms with E-state index in [1.165, 1.54) is 24.3 Å². The van der Waals surface area contributed by atoms with Crippen molar-refractivity contribution in [3.8, 4) is 0 Å². The van der Waals surface area contributed by atoms with Crippen molar-refractivity contribution in [3.63, 3.8) is 0 Å². The zero-order valence-corrected chi connectivity index (χ0v) is 13.3. The Morgan fingerprint density at radius 3 is 2.79 bits per heavy atom. The third kappa shape index (κ3) is 2.44. The number of aryl methyl sites for hydroxylation is 1. The number of hydrogen-bond acceptors (Lipinski definition) is 3. The van der Waals surface area contributed by atoms with Crippen molar-refractivity contribution in [1.82, 2.24) is 19.4 Å². The van der Waals surface area contributed by atoms with E-state index < -0.39 is 0 Å². The fourth-order valence-electron chi connectivity index (χ4n) is 3.35. The SMILES string of the molecule is Cn1c([C@H]2CCN(C(=O)c3ccc(F)cc3)C2)nc2ccncc21. The van der Waals surface area contributed by atoms with E-state index in [2.05, 4.69) is 9.55 Å². The summed E-state index contributed by atoms with van der Waals surface area (Å²) in [6, 6.07) is 7.60. The van der Waals surface area contributed by atoms with Crippen LogP contribution in [0.3, 0.4) is 0 Å². The molecule has 1 atom stereocenters. The second-order valence-corrected chi connectivity index (χ2v) is 6.14. The summed E-state index contributed by atoms with van der Waals surface area (Å²) >= 11 is 0. The molecule has 0 spiro atoms. The van der Waals surface area contributed by atoms with Crippen molar-refractivity contribution in [2.45, 2.75) is 12.3 Å².